The minimum atomic E-state index is 0.439. The molecule has 0 aromatic heterocycles. The van der Waals surface area contributed by atoms with Crippen LogP contribution in [-0.4, -0.2) is 6.04 Å². The number of hydrazine groups is 1. The van der Waals surface area contributed by atoms with Crippen LogP contribution < -0.4 is 11.3 Å². The predicted octanol–water partition coefficient (Wildman–Crippen LogP) is 2.48. The first-order valence-corrected chi connectivity index (χ1v) is 6.21. The lowest BCUT2D eigenvalue weighted by Gasteiger charge is -2.16. The Morgan fingerprint density at radius 3 is 2.62 bits per heavy atom. The maximum atomic E-state index is 5.61. The lowest BCUT2D eigenvalue weighted by Crippen LogP contribution is -2.37. The van der Waals surface area contributed by atoms with Gasteiger partial charge in [0, 0.05) is 6.04 Å². The molecule has 2 nitrogen and oxygen atoms in total. The summed E-state index contributed by atoms with van der Waals surface area (Å²) in [4.78, 5) is 0. The first-order valence-electron chi connectivity index (χ1n) is 6.21. The van der Waals surface area contributed by atoms with Crippen molar-refractivity contribution in [3.8, 4) is 0 Å². The van der Waals surface area contributed by atoms with Crippen molar-refractivity contribution in [3.05, 3.63) is 34.9 Å². The third-order valence-electron chi connectivity index (χ3n) is 3.60. The van der Waals surface area contributed by atoms with Crippen LogP contribution in [0.3, 0.4) is 0 Å². The Morgan fingerprint density at radius 2 is 2.06 bits per heavy atom. The monoisotopic (exact) mass is 218 g/mol. The molecule has 1 aliphatic carbocycles. The second-order valence-corrected chi connectivity index (χ2v) is 5.17. The van der Waals surface area contributed by atoms with E-state index in [0.717, 1.165) is 12.3 Å². The fourth-order valence-electron chi connectivity index (χ4n) is 2.18. The third-order valence-corrected chi connectivity index (χ3v) is 3.60. The summed E-state index contributed by atoms with van der Waals surface area (Å²) in [5.74, 6) is 6.54. The van der Waals surface area contributed by atoms with Gasteiger partial charge in [-0.2, -0.15) is 0 Å². The highest BCUT2D eigenvalue weighted by Gasteiger charge is 2.24. The van der Waals surface area contributed by atoms with E-state index in [1.165, 1.54) is 36.0 Å². The second-order valence-electron chi connectivity index (χ2n) is 5.17. The zero-order valence-electron chi connectivity index (χ0n) is 10.3. The lowest BCUT2D eigenvalue weighted by atomic mass is 9.98. The number of hydrogen-bond acceptors (Lipinski definition) is 2. The molecule has 0 amide bonds. The molecule has 0 heterocycles. The SMILES string of the molecule is Cc1ccc(CC(CC2CC2)NN)cc1C. The van der Waals surface area contributed by atoms with Crippen molar-refractivity contribution >= 4 is 0 Å². The van der Waals surface area contributed by atoms with Gasteiger partial charge in [0.1, 0.15) is 0 Å². The minimum Gasteiger partial charge on any atom is -0.271 e. The van der Waals surface area contributed by atoms with Crippen LogP contribution >= 0.6 is 0 Å². The van der Waals surface area contributed by atoms with E-state index in [1.54, 1.807) is 0 Å². The first-order chi connectivity index (χ1) is 7.69. The van der Waals surface area contributed by atoms with E-state index in [-0.39, 0.29) is 0 Å². The number of hydrogen-bond donors (Lipinski definition) is 2. The van der Waals surface area contributed by atoms with Gasteiger partial charge in [-0.15, -0.1) is 0 Å². The normalized spacial score (nSPS) is 17.4. The average Bonchev–Trinajstić information content (AvgIpc) is 3.06. The minimum absolute atomic E-state index is 0.439. The van der Waals surface area contributed by atoms with Gasteiger partial charge in [-0.3, -0.25) is 11.3 Å². The van der Waals surface area contributed by atoms with Crippen LogP contribution in [0, 0.1) is 19.8 Å². The molecule has 1 saturated carbocycles. The summed E-state index contributed by atoms with van der Waals surface area (Å²) in [5.41, 5.74) is 7.09. The number of aryl methyl sites for hydroxylation is 2. The summed E-state index contributed by atoms with van der Waals surface area (Å²) in [6.07, 6.45) is 5.06. The fraction of sp³-hybridized carbons (Fsp3) is 0.571. The zero-order valence-corrected chi connectivity index (χ0v) is 10.3. The van der Waals surface area contributed by atoms with Crippen LogP contribution in [0.1, 0.15) is 36.0 Å². The van der Waals surface area contributed by atoms with Crippen molar-refractivity contribution < 1.29 is 0 Å². The number of nitrogens with one attached hydrogen (secondary N) is 1. The standard InChI is InChI=1S/C14H22N2/c1-10-3-4-13(7-11(10)2)9-14(16-15)8-12-5-6-12/h3-4,7,12,14,16H,5-6,8-9,15H2,1-2H3. The molecule has 1 aliphatic rings. The molecule has 1 fully saturated rings. The maximum absolute atomic E-state index is 5.61. The Bertz CT molecular complexity index is 356. The van der Waals surface area contributed by atoms with E-state index in [2.05, 4.69) is 37.5 Å². The van der Waals surface area contributed by atoms with Crippen molar-refractivity contribution in [3.63, 3.8) is 0 Å². The van der Waals surface area contributed by atoms with Gasteiger partial charge in [-0.1, -0.05) is 31.0 Å². The molecule has 3 N–H and O–H groups in total. The molecule has 0 spiro atoms. The molecule has 2 heteroatoms. The second kappa shape index (κ2) is 4.98. The predicted molar refractivity (Wildman–Crippen MR) is 68.1 cm³/mol. The zero-order chi connectivity index (χ0) is 11.5. The quantitative estimate of drug-likeness (QED) is 0.588. The molecule has 0 aliphatic heterocycles. The first kappa shape index (κ1) is 11.6. The van der Waals surface area contributed by atoms with Crippen LogP contribution in [-0.2, 0) is 6.42 Å². The van der Waals surface area contributed by atoms with E-state index < -0.39 is 0 Å². The van der Waals surface area contributed by atoms with Gasteiger partial charge in [-0.25, -0.2) is 0 Å². The summed E-state index contributed by atoms with van der Waals surface area (Å²) in [5, 5.41) is 0. The molecule has 2 rings (SSSR count). The highest BCUT2D eigenvalue weighted by molar-refractivity contribution is 5.30. The van der Waals surface area contributed by atoms with Crippen LogP contribution in [0.2, 0.25) is 0 Å². The summed E-state index contributed by atoms with van der Waals surface area (Å²) >= 11 is 0. The lowest BCUT2D eigenvalue weighted by molar-refractivity contribution is 0.466. The highest BCUT2D eigenvalue weighted by Crippen LogP contribution is 2.34. The molecule has 1 aromatic rings. The van der Waals surface area contributed by atoms with E-state index >= 15 is 0 Å². The molecule has 1 aromatic carbocycles. The van der Waals surface area contributed by atoms with E-state index in [0.29, 0.717) is 6.04 Å². The van der Waals surface area contributed by atoms with E-state index in [9.17, 15) is 0 Å². The summed E-state index contributed by atoms with van der Waals surface area (Å²) < 4.78 is 0. The number of benzene rings is 1. The maximum Gasteiger partial charge on any atom is 0.0253 e. The van der Waals surface area contributed by atoms with E-state index in [1.807, 2.05) is 0 Å². The Kier molecular flexibility index (Phi) is 3.62. The average molecular weight is 218 g/mol. The molecular formula is C14H22N2. The van der Waals surface area contributed by atoms with Crippen LogP contribution in [0.4, 0.5) is 0 Å². The van der Waals surface area contributed by atoms with Crippen LogP contribution in [0.25, 0.3) is 0 Å². The fourth-order valence-corrected chi connectivity index (χ4v) is 2.18. The van der Waals surface area contributed by atoms with Crippen LogP contribution in [0.5, 0.6) is 0 Å². The van der Waals surface area contributed by atoms with Gasteiger partial charge < -0.3 is 0 Å². The molecular weight excluding hydrogens is 196 g/mol. The van der Waals surface area contributed by atoms with Crippen molar-refractivity contribution in [1.82, 2.24) is 5.43 Å². The van der Waals surface area contributed by atoms with Gasteiger partial charge in [0.2, 0.25) is 0 Å². The van der Waals surface area contributed by atoms with Gasteiger partial charge in [-0.05, 0) is 49.3 Å². The van der Waals surface area contributed by atoms with Crippen molar-refractivity contribution in [2.75, 3.05) is 0 Å². The van der Waals surface area contributed by atoms with Gasteiger partial charge in [0.15, 0.2) is 0 Å². The molecule has 1 atom stereocenters. The number of rotatable bonds is 5. The van der Waals surface area contributed by atoms with Crippen molar-refractivity contribution in [2.24, 2.45) is 11.8 Å². The highest BCUT2D eigenvalue weighted by atomic mass is 15.2. The van der Waals surface area contributed by atoms with Gasteiger partial charge in [0.25, 0.3) is 0 Å². The molecule has 0 bridgehead atoms. The van der Waals surface area contributed by atoms with Gasteiger partial charge in [0.05, 0.1) is 0 Å². The molecule has 16 heavy (non-hydrogen) atoms. The van der Waals surface area contributed by atoms with Crippen molar-refractivity contribution in [2.45, 2.75) is 45.6 Å². The number of nitrogens with two attached hydrogens (primary N) is 1. The van der Waals surface area contributed by atoms with Crippen LogP contribution in [0.15, 0.2) is 18.2 Å². The smallest absolute Gasteiger partial charge is 0.0253 e. The topological polar surface area (TPSA) is 38.0 Å². The van der Waals surface area contributed by atoms with Crippen molar-refractivity contribution in [1.29, 1.82) is 0 Å². The molecule has 0 radical (unpaired) electrons. The van der Waals surface area contributed by atoms with Gasteiger partial charge >= 0.3 is 0 Å². The summed E-state index contributed by atoms with van der Waals surface area (Å²) in [7, 11) is 0. The molecule has 0 saturated heterocycles. The Morgan fingerprint density at radius 1 is 1.31 bits per heavy atom. The molecule has 88 valence electrons. The van der Waals surface area contributed by atoms with E-state index in [4.69, 9.17) is 5.84 Å². The summed E-state index contributed by atoms with van der Waals surface area (Å²) in [6, 6.07) is 7.15. The Balaban J connectivity index is 1.97. The third kappa shape index (κ3) is 3.06. The Hall–Kier alpha value is -0.860. The summed E-state index contributed by atoms with van der Waals surface area (Å²) in [6.45, 7) is 4.33. The largest absolute Gasteiger partial charge is 0.271 e. The Labute approximate surface area is 98.2 Å². The molecule has 1 unspecified atom stereocenters.